The number of aromatic nitrogens is 8. The van der Waals surface area contributed by atoms with Gasteiger partial charge in [0.15, 0.2) is 17.2 Å². The highest BCUT2D eigenvalue weighted by atomic mass is 19.4. The van der Waals surface area contributed by atoms with Gasteiger partial charge in [-0.05, 0) is 5.56 Å². The molecule has 17 heteroatoms. The van der Waals surface area contributed by atoms with E-state index in [1.807, 2.05) is 0 Å². The number of benzene rings is 1. The van der Waals surface area contributed by atoms with E-state index in [-0.39, 0.29) is 46.7 Å². The van der Waals surface area contributed by atoms with Gasteiger partial charge >= 0.3 is 12.4 Å². The quantitative estimate of drug-likeness (QED) is 0.281. The van der Waals surface area contributed by atoms with Gasteiger partial charge in [-0.1, -0.05) is 24.3 Å². The molecule has 0 amide bonds. The minimum absolute atomic E-state index is 0.00482. The molecule has 4 aromatic heterocycles. The number of ether oxygens (including phenoxy) is 2. The van der Waals surface area contributed by atoms with Crippen LogP contribution in [0.2, 0.25) is 0 Å². The third kappa shape index (κ3) is 5.36. The normalized spacial score (nSPS) is 12.2. The first-order valence-corrected chi connectivity index (χ1v) is 12.0. The third-order valence-electron chi connectivity index (χ3n) is 6.25. The lowest BCUT2D eigenvalue weighted by Crippen LogP contribution is -2.30. The highest BCUT2D eigenvalue weighted by Gasteiger charge is 2.34. The number of nitrogens with one attached hydrogen (secondary N) is 1. The summed E-state index contributed by atoms with van der Waals surface area (Å²) in [5, 5.41) is 8.57. The standard InChI is InChI=1S/C25H21F6N9O2/c1-38-10-16(25(29,30)31)36-19(38)14-6-4-13(5-7-14)9-39-20-15(40(23(39)32)11-24(26,27)28)8-33-18(37-20)17-21(41-2)34-12-35-22(17)42-3/h4-8,10,12,32H,9,11H2,1-3H3. The summed E-state index contributed by atoms with van der Waals surface area (Å²) < 4.78 is 93.4. The van der Waals surface area contributed by atoms with Crippen molar-refractivity contribution in [3.63, 3.8) is 0 Å². The molecule has 0 atom stereocenters. The summed E-state index contributed by atoms with van der Waals surface area (Å²) in [5.41, 5.74) is -0.509. The predicted octanol–water partition coefficient (Wildman–Crippen LogP) is 4.22. The Balaban J connectivity index is 1.60. The highest BCUT2D eigenvalue weighted by Crippen LogP contribution is 2.34. The molecule has 0 fully saturated rings. The Labute approximate surface area is 232 Å². The van der Waals surface area contributed by atoms with Gasteiger partial charge in [0.25, 0.3) is 0 Å². The van der Waals surface area contributed by atoms with Crippen molar-refractivity contribution in [2.75, 3.05) is 14.2 Å². The van der Waals surface area contributed by atoms with Crippen molar-refractivity contribution in [1.29, 1.82) is 5.41 Å². The summed E-state index contributed by atoms with van der Waals surface area (Å²) in [6.45, 7) is -1.55. The minimum atomic E-state index is -4.64. The zero-order chi connectivity index (χ0) is 30.4. The van der Waals surface area contributed by atoms with Gasteiger partial charge in [0.1, 0.15) is 29.8 Å². The van der Waals surface area contributed by atoms with Crippen LogP contribution in [0.3, 0.4) is 0 Å². The Hall–Kier alpha value is -4.96. The van der Waals surface area contributed by atoms with Crippen LogP contribution in [0.4, 0.5) is 26.3 Å². The van der Waals surface area contributed by atoms with E-state index in [0.717, 1.165) is 17.0 Å². The van der Waals surface area contributed by atoms with E-state index >= 15 is 0 Å². The average molecular weight is 593 g/mol. The average Bonchev–Trinajstić information content (AvgIpc) is 3.45. The number of hydrogen-bond acceptors (Lipinski definition) is 8. The van der Waals surface area contributed by atoms with Gasteiger partial charge in [-0.15, -0.1) is 0 Å². The number of aryl methyl sites for hydroxylation is 1. The van der Waals surface area contributed by atoms with E-state index in [1.165, 1.54) is 48.9 Å². The zero-order valence-corrected chi connectivity index (χ0v) is 22.1. The van der Waals surface area contributed by atoms with Crippen molar-refractivity contribution in [3.05, 3.63) is 59.9 Å². The second-order valence-corrected chi connectivity index (χ2v) is 9.04. The second-order valence-electron chi connectivity index (χ2n) is 9.04. The molecule has 0 saturated heterocycles. The third-order valence-corrected chi connectivity index (χ3v) is 6.25. The van der Waals surface area contributed by atoms with Gasteiger partial charge in [0.05, 0.1) is 27.0 Å². The molecule has 5 aromatic rings. The van der Waals surface area contributed by atoms with Crippen LogP contribution in [0.25, 0.3) is 33.9 Å². The van der Waals surface area contributed by atoms with Crippen LogP contribution in [-0.2, 0) is 26.3 Å². The number of hydrogen-bond donors (Lipinski definition) is 1. The fourth-order valence-electron chi connectivity index (χ4n) is 4.39. The number of halogens is 6. The molecule has 42 heavy (non-hydrogen) atoms. The number of fused-ring (bicyclic) bond motifs is 1. The van der Waals surface area contributed by atoms with Crippen LogP contribution in [0, 0.1) is 5.41 Å². The number of imidazole rings is 2. The summed E-state index contributed by atoms with van der Waals surface area (Å²) >= 11 is 0. The Morgan fingerprint density at radius 1 is 0.881 bits per heavy atom. The van der Waals surface area contributed by atoms with E-state index in [2.05, 4.69) is 24.9 Å². The van der Waals surface area contributed by atoms with Crippen LogP contribution < -0.4 is 15.1 Å². The fourth-order valence-corrected chi connectivity index (χ4v) is 4.39. The summed E-state index contributed by atoms with van der Waals surface area (Å²) in [7, 11) is 4.14. The Morgan fingerprint density at radius 3 is 2.07 bits per heavy atom. The molecular weight excluding hydrogens is 572 g/mol. The van der Waals surface area contributed by atoms with Crippen molar-refractivity contribution in [3.8, 4) is 34.5 Å². The lowest BCUT2D eigenvalue weighted by atomic mass is 10.1. The second kappa shape index (κ2) is 10.5. The fraction of sp³-hybridized carbons (Fsp3) is 0.280. The summed E-state index contributed by atoms with van der Waals surface area (Å²) in [5.74, 6) is 0.189. The minimum Gasteiger partial charge on any atom is -0.480 e. The highest BCUT2D eigenvalue weighted by molar-refractivity contribution is 5.76. The lowest BCUT2D eigenvalue weighted by molar-refractivity contribution is -0.141. The Kier molecular flexibility index (Phi) is 7.11. The zero-order valence-electron chi connectivity index (χ0n) is 22.1. The van der Waals surface area contributed by atoms with Crippen LogP contribution in [-0.4, -0.2) is 59.0 Å². The molecular formula is C25H21F6N9O2. The SMILES string of the molecule is COc1ncnc(OC)c1-c1ncc2c(n1)n(Cc1ccc(-c3nc(C(F)(F)F)cn3C)cc1)c(=N)n2CC(F)(F)F. The largest absolute Gasteiger partial charge is 0.480 e. The molecule has 5 rings (SSSR count). The summed E-state index contributed by atoms with van der Waals surface area (Å²) in [6.07, 6.45) is -6.02. The molecule has 0 radical (unpaired) electrons. The molecule has 0 aliphatic carbocycles. The molecule has 0 spiro atoms. The molecule has 0 unspecified atom stereocenters. The number of alkyl halides is 6. The van der Waals surface area contributed by atoms with Crippen LogP contribution in [0.15, 0.2) is 43.0 Å². The van der Waals surface area contributed by atoms with E-state index in [9.17, 15) is 26.3 Å². The Morgan fingerprint density at radius 2 is 1.52 bits per heavy atom. The molecule has 4 heterocycles. The first kappa shape index (κ1) is 28.6. The maximum atomic E-state index is 13.5. The first-order valence-electron chi connectivity index (χ1n) is 12.0. The topological polar surface area (TPSA) is 122 Å². The molecule has 220 valence electrons. The smallest absolute Gasteiger partial charge is 0.434 e. The van der Waals surface area contributed by atoms with Crippen LogP contribution in [0.5, 0.6) is 11.8 Å². The lowest BCUT2D eigenvalue weighted by Gasteiger charge is -2.10. The van der Waals surface area contributed by atoms with Gasteiger partial charge in [-0.2, -0.15) is 26.3 Å². The van der Waals surface area contributed by atoms with Gasteiger partial charge in [-0.25, -0.2) is 24.9 Å². The van der Waals surface area contributed by atoms with Gasteiger partial charge in [0.2, 0.25) is 17.4 Å². The van der Waals surface area contributed by atoms with Crippen LogP contribution in [0.1, 0.15) is 11.3 Å². The first-order chi connectivity index (χ1) is 19.8. The summed E-state index contributed by atoms with van der Waals surface area (Å²) in [4.78, 5) is 20.4. The van der Waals surface area contributed by atoms with Crippen molar-refractivity contribution >= 4 is 11.2 Å². The monoisotopic (exact) mass is 593 g/mol. The number of methoxy groups -OCH3 is 2. The van der Waals surface area contributed by atoms with Crippen molar-refractivity contribution < 1.29 is 35.8 Å². The predicted molar refractivity (Wildman–Crippen MR) is 134 cm³/mol. The molecule has 0 saturated carbocycles. The van der Waals surface area contributed by atoms with E-state index in [4.69, 9.17) is 14.9 Å². The Bertz CT molecular complexity index is 1800. The maximum Gasteiger partial charge on any atom is 0.434 e. The summed E-state index contributed by atoms with van der Waals surface area (Å²) in [6, 6.07) is 6.23. The maximum absolute atomic E-state index is 13.5. The number of nitrogens with zero attached hydrogens (tertiary/aromatic N) is 8. The molecule has 11 nitrogen and oxygen atoms in total. The van der Waals surface area contributed by atoms with Gasteiger partial charge < -0.3 is 14.0 Å². The molecule has 0 aliphatic rings. The van der Waals surface area contributed by atoms with Crippen molar-refractivity contribution in [1.82, 2.24) is 38.6 Å². The van der Waals surface area contributed by atoms with Gasteiger partial charge in [0, 0.05) is 18.8 Å². The number of rotatable bonds is 7. The molecule has 0 aliphatic heterocycles. The molecule has 1 aromatic carbocycles. The molecule has 0 bridgehead atoms. The van der Waals surface area contributed by atoms with Crippen molar-refractivity contribution in [2.24, 2.45) is 7.05 Å². The molecule has 1 N–H and O–H groups in total. The van der Waals surface area contributed by atoms with E-state index < -0.39 is 30.2 Å². The van der Waals surface area contributed by atoms with Gasteiger partial charge in [-0.3, -0.25) is 14.5 Å². The van der Waals surface area contributed by atoms with Crippen LogP contribution >= 0.6 is 0 Å². The van der Waals surface area contributed by atoms with Crippen molar-refractivity contribution in [2.45, 2.75) is 25.4 Å². The van der Waals surface area contributed by atoms with E-state index in [1.54, 1.807) is 12.1 Å². The van der Waals surface area contributed by atoms with E-state index in [0.29, 0.717) is 11.1 Å².